The van der Waals surface area contributed by atoms with Gasteiger partial charge in [-0.1, -0.05) is 30.3 Å². The highest BCUT2D eigenvalue weighted by molar-refractivity contribution is 5.87. The second-order valence-corrected chi connectivity index (χ2v) is 5.98. The molecule has 0 aliphatic carbocycles. The van der Waals surface area contributed by atoms with Crippen LogP contribution in [0.5, 0.6) is 0 Å². The molecule has 0 aliphatic rings. The summed E-state index contributed by atoms with van der Waals surface area (Å²) in [6.45, 7) is 1.54. The van der Waals surface area contributed by atoms with E-state index in [4.69, 9.17) is 10.2 Å². The van der Waals surface area contributed by atoms with Crippen LogP contribution in [0.3, 0.4) is 0 Å². The van der Waals surface area contributed by atoms with Gasteiger partial charge in [0.25, 0.3) is 0 Å². The van der Waals surface area contributed by atoms with Crippen molar-refractivity contribution in [2.75, 3.05) is 19.6 Å². The minimum Gasteiger partial charge on any atom is -0.464 e. The number of furan rings is 1. The minimum absolute atomic E-state index is 0. The van der Waals surface area contributed by atoms with E-state index >= 15 is 0 Å². The average molecular weight is 377 g/mol. The van der Waals surface area contributed by atoms with Gasteiger partial charge in [0.15, 0.2) is 0 Å². The molecule has 26 heavy (non-hydrogen) atoms. The summed E-state index contributed by atoms with van der Waals surface area (Å²) >= 11 is 0. The SMILES string of the molecule is Cl.NCCN(CCc1ccccc1)C(=O)Cc1coc2cc(F)ccc12. The molecule has 0 fully saturated rings. The van der Waals surface area contributed by atoms with Gasteiger partial charge in [-0.2, -0.15) is 0 Å². The lowest BCUT2D eigenvalue weighted by atomic mass is 10.1. The molecule has 0 saturated heterocycles. The number of carbonyl (C=O) groups is 1. The Labute approximate surface area is 158 Å². The van der Waals surface area contributed by atoms with E-state index in [0.717, 1.165) is 17.4 Å². The summed E-state index contributed by atoms with van der Waals surface area (Å²) in [4.78, 5) is 14.5. The first-order valence-electron chi connectivity index (χ1n) is 8.35. The zero-order valence-corrected chi connectivity index (χ0v) is 15.2. The highest BCUT2D eigenvalue weighted by Crippen LogP contribution is 2.23. The van der Waals surface area contributed by atoms with Crippen LogP contribution in [0, 0.1) is 5.82 Å². The number of halogens is 2. The third-order valence-corrected chi connectivity index (χ3v) is 4.22. The molecule has 138 valence electrons. The van der Waals surface area contributed by atoms with E-state index in [2.05, 4.69) is 0 Å². The molecule has 2 aromatic carbocycles. The van der Waals surface area contributed by atoms with Crippen molar-refractivity contribution in [3.63, 3.8) is 0 Å². The minimum atomic E-state index is -0.354. The summed E-state index contributed by atoms with van der Waals surface area (Å²) in [6, 6.07) is 14.4. The molecule has 0 bridgehead atoms. The van der Waals surface area contributed by atoms with Crippen molar-refractivity contribution in [1.82, 2.24) is 4.90 Å². The van der Waals surface area contributed by atoms with E-state index in [1.165, 1.54) is 24.0 Å². The van der Waals surface area contributed by atoms with Crippen molar-refractivity contribution >= 4 is 29.3 Å². The zero-order chi connectivity index (χ0) is 17.6. The normalized spacial score (nSPS) is 10.5. The molecule has 6 heteroatoms. The van der Waals surface area contributed by atoms with Crippen LogP contribution in [0.1, 0.15) is 11.1 Å². The van der Waals surface area contributed by atoms with Gasteiger partial charge in [0.2, 0.25) is 5.91 Å². The number of carbonyl (C=O) groups excluding carboxylic acids is 1. The number of fused-ring (bicyclic) bond motifs is 1. The lowest BCUT2D eigenvalue weighted by molar-refractivity contribution is -0.130. The summed E-state index contributed by atoms with van der Waals surface area (Å²) in [7, 11) is 0. The van der Waals surface area contributed by atoms with Crippen molar-refractivity contribution in [3.05, 3.63) is 71.7 Å². The predicted molar refractivity (Wildman–Crippen MR) is 103 cm³/mol. The van der Waals surface area contributed by atoms with Gasteiger partial charge < -0.3 is 15.1 Å². The smallest absolute Gasteiger partial charge is 0.227 e. The first-order valence-corrected chi connectivity index (χ1v) is 8.35. The van der Waals surface area contributed by atoms with Crippen LogP contribution in [-0.2, 0) is 17.6 Å². The Morgan fingerprint density at radius 3 is 2.62 bits per heavy atom. The molecular weight excluding hydrogens is 355 g/mol. The molecular formula is C20H22ClFN2O2. The second-order valence-electron chi connectivity index (χ2n) is 5.98. The fraction of sp³-hybridized carbons (Fsp3) is 0.250. The van der Waals surface area contributed by atoms with Crippen LogP contribution in [0.15, 0.2) is 59.2 Å². The van der Waals surface area contributed by atoms with E-state index in [1.54, 1.807) is 11.0 Å². The molecule has 1 heterocycles. The molecule has 1 amide bonds. The average Bonchev–Trinajstić information content (AvgIpc) is 3.01. The standard InChI is InChI=1S/C20H21FN2O2.ClH/c21-17-6-7-18-16(14-25-19(18)13-17)12-20(24)23(11-9-22)10-8-15-4-2-1-3-5-15;/h1-7,13-14H,8-12,22H2;1H. The van der Waals surface area contributed by atoms with Gasteiger partial charge in [-0.05, 0) is 24.1 Å². The number of amides is 1. The zero-order valence-electron chi connectivity index (χ0n) is 14.4. The molecule has 0 spiro atoms. The van der Waals surface area contributed by atoms with Gasteiger partial charge in [0.05, 0.1) is 12.7 Å². The Hall–Kier alpha value is -2.37. The molecule has 0 saturated carbocycles. The Morgan fingerprint density at radius 1 is 1.12 bits per heavy atom. The van der Waals surface area contributed by atoms with E-state index in [1.807, 2.05) is 30.3 Å². The summed E-state index contributed by atoms with van der Waals surface area (Å²) in [5.74, 6) is -0.360. The van der Waals surface area contributed by atoms with Crippen molar-refractivity contribution in [2.24, 2.45) is 5.73 Å². The molecule has 2 N–H and O–H groups in total. The van der Waals surface area contributed by atoms with Gasteiger partial charge in [-0.3, -0.25) is 4.79 Å². The Morgan fingerprint density at radius 2 is 1.88 bits per heavy atom. The van der Waals surface area contributed by atoms with Gasteiger partial charge in [-0.15, -0.1) is 12.4 Å². The van der Waals surface area contributed by atoms with Crippen LogP contribution >= 0.6 is 12.4 Å². The third kappa shape index (κ3) is 4.84. The number of nitrogens with two attached hydrogens (primary N) is 1. The van der Waals surface area contributed by atoms with Gasteiger partial charge in [0.1, 0.15) is 11.4 Å². The molecule has 3 aromatic rings. The number of hydrogen-bond acceptors (Lipinski definition) is 3. The largest absolute Gasteiger partial charge is 0.464 e. The quantitative estimate of drug-likeness (QED) is 0.685. The predicted octanol–water partition coefficient (Wildman–Crippen LogP) is 3.57. The molecule has 0 unspecified atom stereocenters. The summed E-state index contributed by atoms with van der Waals surface area (Å²) in [5.41, 5.74) is 8.07. The van der Waals surface area contributed by atoms with Crippen molar-refractivity contribution < 1.29 is 13.6 Å². The van der Waals surface area contributed by atoms with E-state index in [-0.39, 0.29) is 30.6 Å². The lowest BCUT2D eigenvalue weighted by Crippen LogP contribution is -2.37. The molecule has 1 aromatic heterocycles. The van der Waals surface area contributed by atoms with Gasteiger partial charge in [0, 0.05) is 36.7 Å². The number of nitrogens with zero attached hydrogens (tertiary/aromatic N) is 1. The van der Waals surface area contributed by atoms with E-state index in [9.17, 15) is 9.18 Å². The van der Waals surface area contributed by atoms with Crippen LogP contribution < -0.4 is 5.73 Å². The van der Waals surface area contributed by atoms with Crippen LogP contribution in [0.4, 0.5) is 4.39 Å². The first kappa shape index (κ1) is 19.9. The number of hydrogen-bond donors (Lipinski definition) is 1. The molecule has 3 rings (SSSR count). The fourth-order valence-electron chi connectivity index (χ4n) is 2.89. The second kappa shape index (κ2) is 9.36. The monoisotopic (exact) mass is 376 g/mol. The highest BCUT2D eigenvalue weighted by atomic mass is 35.5. The Kier molecular flexibility index (Phi) is 7.18. The summed E-state index contributed by atoms with van der Waals surface area (Å²) < 4.78 is 18.6. The van der Waals surface area contributed by atoms with Gasteiger partial charge in [-0.25, -0.2) is 4.39 Å². The fourth-order valence-corrected chi connectivity index (χ4v) is 2.89. The number of benzene rings is 2. The maximum atomic E-state index is 13.2. The first-order chi connectivity index (χ1) is 12.2. The molecule has 4 nitrogen and oxygen atoms in total. The maximum Gasteiger partial charge on any atom is 0.227 e. The Bertz CT molecular complexity index is 851. The summed E-state index contributed by atoms with van der Waals surface area (Å²) in [6.07, 6.45) is 2.52. The molecule has 0 aliphatic heterocycles. The number of rotatable bonds is 7. The van der Waals surface area contributed by atoms with Crippen molar-refractivity contribution in [2.45, 2.75) is 12.8 Å². The maximum absolute atomic E-state index is 13.2. The van der Waals surface area contributed by atoms with Crippen molar-refractivity contribution in [1.29, 1.82) is 0 Å². The van der Waals surface area contributed by atoms with E-state index < -0.39 is 0 Å². The van der Waals surface area contributed by atoms with Crippen LogP contribution in [0.2, 0.25) is 0 Å². The molecule has 0 radical (unpaired) electrons. The molecule has 0 atom stereocenters. The Balaban J connectivity index is 0.00000243. The third-order valence-electron chi connectivity index (χ3n) is 4.22. The lowest BCUT2D eigenvalue weighted by Gasteiger charge is -2.22. The van der Waals surface area contributed by atoms with Crippen molar-refractivity contribution in [3.8, 4) is 0 Å². The van der Waals surface area contributed by atoms with E-state index in [0.29, 0.717) is 25.2 Å². The highest BCUT2D eigenvalue weighted by Gasteiger charge is 2.16. The summed E-state index contributed by atoms with van der Waals surface area (Å²) in [5, 5.41) is 0.769. The van der Waals surface area contributed by atoms with Crippen LogP contribution in [-0.4, -0.2) is 30.4 Å². The van der Waals surface area contributed by atoms with Crippen LogP contribution in [0.25, 0.3) is 11.0 Å². The van der Waals surface area contributed by atoms with Gasteiger partial charge >= 0.3 is 0 Å². The topological polar surface area (TPSA) is 59.5 Å².